The Bertz CT molecular complexity index is 1120. The lowest BCUT2D eigenvalue weighted by Gasteiger charge is -2.13. The van der Waals surface area contributed by atoms with E-state index in [0.717, 1.165) is 5.69 Å². The molecule has 2 aromatic carbocycles. The molecule has 0 amide bonds. The highest BCUT2D eigenvalue weighted by molar-refractivity contribution is 5.79. The van der Waals surface area contributed by atoms with E-state index in [4.69, 9.17) is 9.90 Å². The van der Waals surface area contributed by atoms with Gasteiger partial charge in [-0.25, -0.2) is 14.5 Å². The van der Waals surface area contributed by atoms with Crippen molar-refractivity contribution in [2.45, 2.75) is 0 Å². The average Bonchev–Trinajstić information content (AvgIpc) is 3.08. The highest BCUT2D eigenvalue weighted by Crippen LogP contribution is 2.18. The molecular weight excluding hydrogens is 346 g/mol. The van der Waals surface area contributed by atoms with Crippen molar-refractivity contribution in [3.8, 4) is 5.69 Å². The summed E-state index contributed by atoms with van der Waals surface area (Å²) < 4.78 is 3.39. The first-order valence-corrected chi connectivity index (χ1v) is 8.04. The first kappa shape index (κ1) is 17.9. The Morgan fingerprint density at radius 2 is 1.74 bits per heavy atom. The van der Waals surface area contributed by atoms with E-state index in [2.05, 4.69) is 15.3 Å². The van der Waals surface area contributed by atoms with Crippen LogP contribution in [0.1, 0.15) is 0 Å². The van der Waals surface area contributed by atoms with Crippen LogP contribution in [-0.4, -0.2) is 30.7 Å². The third-order valence-corrected chi connectivity index (χ3v) is 3.73. The van der Waals surface area contributed by atoms with Gasteiger partial charge in [0, 0.05) is 13.2 Å². The van der Waals surface area contributed by atoms with Crippen LogP contribution in [0.3, 0.4) is 0 Å². The maximum atomic E-state index is 13.0. The fraction of sp³-hybridized carbons (Fsp3) is 0.0526. The molecule has 136 valence electrons. The van der Waals surface area contributed by atoms with Gasteiger partial charge in [-0.3, -0.25) is 9.59 Å². The van der Waals surface area contributed by atoms with Crippen LogP contribution in [0.2, 0.25) is 0 Å². The highest BCUT2D eigenvalue weighted by Gasteiger charge is 2.13. The molecule has 8 heteroatoms. The summed E-state index contributed by atoms with van der Waals surface area (Å²) in [4.78, 5) is 30.2. The Morgan fingerprint density at radius 3 is 2.41 bits per heavy atom. The highest BCUT2D eigenvalue weighted by atomic mass is 16.3. The molecule has 0 saturated carbocycles. The summed E-state index contributed by atoms with van der Waals surface area (Å²) >= 11 is 0. The van der Waals surface area contributed by atoms with Gasteiger partial charge < -0.3 is 15.0 Å². The van der Waals surface area contributed by atoms with Crippen LogP contribution in [0.5, 0.6) is 0 Å². The second-order valence-corrected chi connectivity index (χ2v) is 5.58. The van der Waals surface area contributed by atoms with E-state index in [-0.39, 0.29) is 12.0 Å². The number of benzene rings is 2. The number of carbonyl (C=O) groups is 1. The maximum absolute atomic E-state index is 13.0. The standard InChI is InChI=1S/C18H15N5O.CH2O2/c1-22-11-16(19-12-22)21-18-20-15-10-6-5-9-14(15)17(24)23(18)13-7-3-2-4-8-13;2-1-3/h2-12H,1H3,(H,20,21);1H,(H,2,3). The zero-order valence-electron chi connectivity index (χ0n) is 14.5. The Kier molecular flexibility index (Phi) is 5.27. The van der Waals surface area contributed by atoms with Crippen LogP contribution >= 0.6 is 0 Å². The lowest BCUT2D eigenvalue weighted by atomic mass is 10.2. The summed E-state index contributed by atoms with van der Waals surface area (Å²) in [5, 5.41) is 10.6. The van der Waals surface area contributed by atoms with E-state index >= 15 is 0 Å². The molecule has 0 unspecified atom stereocenters. The SMILES string of the molecule is Cn1cnc(Nc2nc3ccccc3c(=O)n2-c2ccccc2)c1.O=CO. The molecule has 0 spiro atoms. The van der Waals surface area contributed by atoms with Crippen LogP contribution in [0.15, 0.2) is 71.9 Å². The van der Waals surface area contributed by atoms with Gasteiger partial charge in [0.2, 0.25) is 5.95 Å². The third kappa shape index (κ3) is 3.84. The van der Waals surface area contributed by atoms with Crippen LogP contribution in [0, 0.1) is 0 Å². The van der Waals surface area contributed by atoms with Gasteiger partial charge in [-0.2, -0.15) is 0 Å². The first-order chi connectivity index (χ1) is 13.1. The molecule has 0 aliphatic heterocycles. The molecule has 2 N–H and O–H groups in total. The summed E-state index contributed by atoms with van der Waals surface area (Å²) in [5.41, 5.74) is 1.28. The Balaban J connectivity index is 0.000000659. The largest absolute Gasteiger partial charge is 0.483 e. The van der Waals surface area contributed by atoms with Gasteiger partial charge in [-0.05, 0) is 24.3 Å². The topological polar surface area (TPSA) is 102 Å². The minimum atomic E-state index is -0.250. The fourth-order valence-electron chi connectivity index (χ4n) is 2.63. The van der Waals surface area contributed by atoms with Gasteiger partial charge >= 0.3 is 0 Å². The molecule has 0 radical (unpaired) electrons. The number of aryl methyl sites for hydroxylation is 1. The van der Waals surface area contributed by atoms with Crippen LogP contribution in [0.25, 0.3) is 16.6 Å². The number of hydrogen-bond acceptors (Lipinski definition) is 5. The van der Waals surface area contributed by atoms with Gasteiger partial charge in [-0.15, -0.1) is 0 Å². The number of hydrogen-bond donors (Lipinski definition) is 2. The number of nitrogens with zero attached hydrogens (tertiary/aromatic N) is 4. The number of anilines is 2. The molecule has 0 atom stereocenters. The number of imidazole rings is 1. The van der Waals surface area contributed by atoms with Gasteiger partial charge in [0.25, 0.3) is 12.0 Å². The molecule has 27 heavy (non-hydrogen) atoms. The first-order valence-electron chi connectivity index (χ1n) is 8.04. The van der Waals surface area contributed by atoms with Crippen molar-refractivity contribution in [3.63, 3.8) is 0 Å². The van der Waals surface area contributed by atoms with Crippen molar-refractivity contribution in [1.29, 1.82) is 0 Å². The number of carboxylic acid groups (broad SMARTS) is 1. The number of aromatic nitrogens is 4. The van der Waals surface area contributed by atoms with Crippen molar-refractivity contribution in [1.82, 2.24) is 19.1 Å². The molecular formula is C19H17N5O3. The molecule has 2 heterocycles. The van der Waals surface area contributed by atoms with E-state index in [9.17, 15) is 4.79 Å². The zero-order valence-corrected chi connectivity index (χ0v) is 14.5. The molecule has 0 aliphatic rings. The lowest BCUT2D eigenvalue weighted by Crippen LogP contribution is -2.22. The zero-order chi connectivity index (χ0) is 19.2. The summed E-state index contributed by atoms with van der Waals surface area (Å²) in [6.45, 7) is -0.250. The second kappa shape index (κ2) is 7.96. The molecule has 4 rings (SSSR count). The van der Waals surface area contributed by atoms with Crippen molar-refractivity contribution in [2.75, 3.05) is 5.32 Å². The summed E-state index contributed by atoms with van der Waals surface area (Å²) in [6.07, 6.45) is 3.52. The smallest absolute Gasteiger partial charge is 0.290 e. The van der Waals surface area contributed by atoms with E-state index in [0.29, 0.717) is 22.7 Å². The van der Waals surface area contributed by atoms with E-state index in [1.807, 2.05) is 66.3 Å². The van der Waals surface area contributed by atoms with E-state index in [1.54, 1.807) is 17.0 Å². The maximum Gasteiger partial charge on any atom is 0.290 e. The second-order valence-electron chi connectivity index (χ2n) is 5.58. The minimum Gasteiger partial charge on any atom is -0.483 e. The third-order valence-electron chi connectivity index (χ3n) is 3.73. The van der Waals surface area contributed by atoms with Gasteiger partial charge in [0.1, 0.15) is 0 Å². The molecule has 8 nitrogen and oxygen atoms in total. The van der Waals surface area contributed by atoms with Gasteiger partial charge in [0.05, 0.1) is 22.9 Å². The minimum absolute atomic E-state index is 0.120. The van der Waals surface area contributed by atoms with Crippen molar-refractivity contribution in [2.24, 2.45) is 7.05 Å². The Labute approximate surface area is 154 Å². The fourth-order valence-corrected chi connectivity index (χ4v) is 2.63. The summed E-state index contributed by atoms with van der Waals surface area (Å²) in [6, 6.07) is 16.8. The van der Waals surface area contributed by atoms with Gasteiger partial charge in [0.15, 0.2) is 5.82 Å². The van der Waals surface area contributed by atoms with Crippen LogP contribution < -0.4 is 10.9 Å². The molecule has 0 bridgehead atoms. The number of fused-ring (bicyclic) bond motifs is 1. The Hall–Kier alpha value is -3.94. The molecule has 0 aliphatic carbocycles. The molecule has 4 aromatic rings. The number of rotatable bonds is 3. The predicted molar refractivity (Wildman–Crippen MR) is 103 cm³/mol. The van der Waals surface area contributed by atoms with Crippen molar-refractivity contribution in [3.05, 3.63) is 77.5 Å². The van der Waals surface area contributed by atoms with E-state index < -0.39 is 0 Å². The number of nitrogens with one attached hydrogen (secondary N) is 1. The van der Waals surface area contributed by atoms with Crippen molar-refractivity contribution < 1.29 is 9.90 Å². The average molecular weight is 363 g/mol. The van der Waals surface area contributed by atoms with E-state index in [1.165, 1.54) is 0 Å². The lowest BCUT2D eigenvalue weighted by molar-refractivity contribution is -0.122. The Morgan fingerprint density at radius 1 is 1.07 bits per heavy atom. The predicted octanol–water partition coefficient (Wildman–Crippen LogP) is 2.56. The normalized spacial score (nSPS) is 10.1. The summed E-state index contributed by atoms with van der Waals surface area (Å²) in [5.74, 6) is 1.06. The molecule has 0 saturated heterocycles. The monoisotopic (exact) mass is 363 g/mol. The quantitative estimate of drug-likeness (QED) is 0.543. The van der Waals surface area contributed by atoms with Crippen LogP contribution in [-0.2, 0) is 11.8 Å². The van der Waals surface area contributed by atoms with Crippen molar-refractivity contribution >= 4 is 29.1 Å². The molecule has 2 aromatic heterocycles. The number of para-hydroxylation sites is 2. The summed E-state index contributed by atoms with van der Waals surface area (Å²) in [7, 11) is 1.89. The molecule has 0 fully saturated rings. The van der Waals surface area contributed by atoms with Gasteiger partial charge in [-0.1, -0.05) is 30.3 Å². The van der Waals surface area contributed by atoms with Crippen LogP contribution in [0.4, 0.5) is 11.8 Å².